The van der Waals surface area contributed by atoms with E-state index in [1.54, 1.807) is 0 Å². The van der Waals surface area contributed by atoms with Crippen molar-refractivity contribution in [2.24, 2.45) is 0 Å². The van der Waals surface area contributed by atoms with Crippen molar-refractivity contribution in [1.29, 1.82) is 0 Å². The number of rotatable bonds is 10. The highest BCUT2D eigenvalue weighted by molar-refractivity contribution is 5.71. The van der Waals surface area contributed by atoms with Crippen LogP contribution in [0.3, 0.4) is 0 Å². The second kappa shape index (κ2) is 9.82. The van der Waals surface area contributed by atoms with Gasteiger partial charge in [-0.25, -0.2) is 0 Å². The molecule has 4 nitrogen and oxygen atoms in total. The fourth-order valence-corrected chi connectivity index (χ4v) is 2.37. The summed E-state index contributed by atoms with van der Waals surface area (Å²) in [5.74, 6) is -0.116. The Kier molecular flexibility index (Phi) is 8.26. The summed E-state index contributed by atoms with van der Waals surface area (Å²) < 4.78 is 10.0. The van der Waals surface area contributed by atoms with Crippen LogP contribution in [0.5, 0.6) is 0 Å². The molecule has 1 rings (SSSR count). The van der Waals surface area contributed by atoms with Gasteiger partial charge in [0.25, 0.3) is 0 Å². The summed E-state index contributed by atoms with van der Waals surface area (Å²) in [5.41, 5.74) is 0. The molecule has 1 aliphatic rings. The standard InChI is InChI=1S/C15H26O4/c1-2-18-14(16)10-8-6-4-3-5-7-9-13-11-12-15(17)19-13/h13H,2-12H2,1H3/t13-/m1/s1. The van der Waals surface area contributed by atoms with Gasteiger partial charge in [-0.3, -0.25) is 9.59 Å². The summed E-state index contributed by atoms with van der Waals surface area (Å²) in [6, 6.07) is 0. The summed E-state index contributed by atoms with van der Waals surface area (Å²) in [7, 11) is 0. The van der Waals surface area contributed by atoms with Crippen LogP contribution in [0.1, 0.15) is 71.1 Å². The lowest BCUT2D eigenvalue weighted by atomic mass is 10.0. The van der Waals surface area contributed by atoms with Gasteiger partial charge in [-0.15, -0.1) is 0 Å². The molecule has 19 heavy (non-hydrogen) atoms. The molecule has 1 fully saturated rings. The van der Waals surface area contributed by atoms with Crippen molar-refractivity contribution in [3.63, 3.8) is 0 Å². The monoisotopic (exact) mass is 270 g/mol. The Bertz CT molecular complexity index is 275. The maximum absolute atomic E-state index is 11.1. The Hall–Kier alpha value is -1.06. The Morgan fingerprint density at radius 3 is 2.53 bits per heavy atom. The van der Waals surface area contributed by atoms with E-state index in [0.717, 1.165) is 32.1 Å². The van der Waals surface area contributed by atoms with Gasteiger partial charge in [0.2, 0.25) is 0 Å². The van der Waals surface area contributed by atoms with Gasteiger partial charge in [0.1, 0.15) is 6.10 Å². The molecular weight excluding hydrogens is 244 g/mol. The van der Waals surface area contributed by atoms with E-state index in [2.05, 4.69) is 0 Å². The number of esters is 2. The molecule has 110 valence electrons. The zero-order valence-electron chi connectivity index (χ0n) is 12.0. The van der Waals surface area contributed by atoms with E-state index in [0.29, 0.717) is 19.4 Å². The molecule has 0 radical (unpaired) electrons. The molecule has 0 aliphatic carbocycles. The van der Waals surface area contributed by atoms with Gasteiger partial charge in [-0.2, -0.15) is 0 Å². The van der Waals surface area contributed by atoms with Gasteiger partial charge in [0, 0.05) is 12.8 Å². The number of ether oxygens (including phenoxy) is 2. The first kappa shape index (κ1) is 16.0. The highest BCUT2D eigenvalue weighted by Crippen LogP contribution is 2.20. The van der Waals surface area contributed by atoms with Crippen LogP contribution in [0.4, 0.5) is 0 Å². The fourth-order valence-electron chi connectivity index (χ4n) is 2.37. The lowest BCUT2D eigenvalue weighted by Gasteiger charge is -2.08. The van der Waals surface area contributed by atoms with Gasteiger partial charge in [-0.05, 0) is 32.6 Å². The first-order valence-electron chi connectivity index (χ1n) is 7.57. The van der Waals surface area contributed by atoms with Crippen LogP contribution < -0.4 is 0 Å². The molecule has 1 aliphatic heterocycles. The molecule has 0 aromatic rings. The Balaban J connectivity index is 1.81. The first-order valence-corrected chi connectivity index (χ1v) is 7.57. The Morgan fingerprint density at radius 1 is 1.21 bits per heavy atom. The topological polar surface area (TPSA) is 52.6 Å². The van der Waals surface area contributed by atoms with Crippen molar-refractivity contribution in [1.82, 2.24) is 0 Å². The van der Waals surface area contributed by atoms with E-state index in [-0.39, 0.29) is 18.0 Å². The second-order valence-corrected chi connectivity index (χ2v) is 5.12. The van der Waals surface area contributed by atoms with Crippen molar-refractivity contribution in [2.45, 2.75) is 77.2 Å². The smallest absolute Gasteiger partial charge is 0.306 e. The van der Waals surface area contributed by atoms with Crippen LogP contribution >= 0.6 is 0 Å². The molecular formula is C15H26O4. The number of carbonyl (C=O) groups is 2. The molecule has 0 aromatic carbocycles. The lowest BCUT2D eigenvalue weighted by Crippen LogP contribution is -2.06. The van der Waals surface area contributed by atoms with Crippen LogP contribution in [0.15, 0.2) is 0 Å². The van der Waals surface area contributed by atoms with Gasteiger partial charge in [-0.1, -0.05) is 25.7 Å². The van der Waals surface area contributed by atoms with E-state index in [4.69, 9.17) is 9.47 Å². The Labute approximate surface area is 115 Å². The third kappa shape index (κ3) is 7.85. The quantitative estimate of drug-likeness (QED) is 0.451. The number of hydrogen-bond donors (Lipinski definition) is 0. The summed E-state index contributed by atoms with van der Waals surface area (Å²) in [4.78, 5) is 22.0. The van der Waals surface area contributed by atoms with E-state index in [1.165, 1.54) is 19.3 Å². The zero-order chi connectivity index (χ0) is 13.9. The maximum atomic E-state index is 11.1. The van der Waals surface area contributed by atoms with Crippen molar-refractivity contribution in [3.05, 3.63) is 0 Å². The molecule has 0 unspecified atom stereocenters. The Morgan fingerprint density at radius 2 is 1.89 bits per heavy atom. The van der Waals surface area contributed by atoms with E-state index < -0.39 is 0 Å². The average molecular weight is 270 g/mol. The number of carbonyl (C=O) groups excluding carboxylic acids is 2. The van der Waals surface area contributed by atoms with Crippen LogP contribution in [0.25, 0.3) is 0 Å². The van der Waals surface area contributed by atoms with Crippen molar-refractivity contribution < 1.29 is 19.1 Å². The minimum absolute atomic E-state index is 0.0380. The number of hydrogen-bond acceptors (Lipinski definition) is 4. The van der Waals surface area contributed by atoms with Gasteiger partial charge < -0.3 is 9.47 Å². The SMILES string of the molecule is CCOC(=O)CCCCCCCC[C@@H]1CCC(=O)O1. The molecule has 0 spiro atoms. The molecule has 0 aromatic heterocycles. The minimum Gasteiger partial charge on any atom is -0.466 e. The largest absolute Gasteiger partial charge is 0.466 e. The molecule has 1 saturated heterocycles. The normalized spacial score (nSPS) is 18.4. The summed E-state index contributed by atoms with van der Waals surface area (Å²) in [6.45, 7) is 2.31. The lowest BCUT2D eigenvalue weighted by molar-refractivity contribution is -0.143. The van der Waals surface area contributed by atoms with Crippen molar-refractivity contribution in [3.8, 4) is 0 Å². The molecule has 1 atom stereocenters. The first-order chi connectivity index (χ1) is 9.22. The molecule has 1 heterocycles. The van der Waals surface area contributed by atoms with Crippen LogP contribution in [0, 0.1) is 0 Å². The summed E-state index contributed by atoms with van der Waals surface area (Å²) >= 11 is 0. The van der Waals surface area contributed by atoms with Crippen molar-refractivity contribution in [2.75, 3.05) is 6.61 Å². The third-order valence-corrected chi connectivity index (χ3v) is 3.43. The predicted molar refractivity (Wildman–Crippen MR) is 72.7 cm³/mol. The van der Waals surface area contributed by atoms with Crippen LogP contribution in [-0.2, 0) is 19.1 Å². The highest BCUT2D eigenvalue weighted by atomic mass is 16.5. The molecule has 0 amide bonds. The van der Waals surface area contributed by atoms with Gasteiger partial charge >= 0.3 is 11.9 Å². The highest BCUT2D eigenvalue weighted by Gasteiger charge is 2.22. The van der Waals surface area contributed by atoms with Crippen LogP contribution in [0.2, 0.25) is 0 Å². The summed E-state index contributed by atoms with van der Waals surface area (Å²) in [5, 5.41) is 0. The van der Waals surface area contributed by atoms with Crippen LogP contribution in [-0.4, -0.2) is 24.6 Å². The molecule has 0 bridgehead atoms. The third-order valence-electron chi connectivity index (χ3n) is 3.43. The number of unbranched alkanes of at least 4 members (excludes halogenated alkanes) is 5. The van der Waals surface area contributed by atoms with Gasteiger partial charge in [0.15, 0.2) is 0 Å². The van der Waals surface area contributed by atoms with E-state index in [1.807, 2.05) is 6.92 Å². The van der Waals surface area contributed by atoms with E-state index >= 15 is 0 Å². The molecule has 4 heteroatoms. The van der Waals surface area contributed by atoms with Gasteiger partial charge in [0.05, 0.1) is 6.61 Å². The summed E-state index contributed by atoms with van der Waals surface area (Å²) in [6.07, 6.45) is 9.95. The predicted octanol–water partition coefficient (Wildman–Crippen LogP) is 3.38. The minimum atomic E-state index is -0.0782. The maximum Gasteiger partial charge on any atom is 0.306 e. The molecule has 0 saturated carbocycles. The average Bonchev–Trinajstić information content (AvgIpc) is 2.79. The van der Waals surface area contributed by atoms with Crippen molar-refractivity contribution >= 4 is 11.9 Å². The zero-order valence-corrected chi connectivity index (χ0v) is 12.0. The number of cyclic esters (lactones) is 1. The fraction of sp³-hybridized carbons (Fsp3) is 0.867. The molecule has 0 N–H and O–H groups in total. The second-order valence-electron chi connectivity index (χ2n) is 5.12. The van der Waals surface area contributed by atoms with E-state index in [9.17, 15) is 9.59 Å².